The van der Waals surface area contributed by atoms with E-state index < -0.39 is 58.3 Å². The lowest BCUT2D eigenvalue weighted by atomic mass is 9.68. The lowest BCUT2D eigenvalue weighted by Crippen LogP contribution is -2.40. The number of aromatic hydroxyl groups is 1. The van der Waals surface area contributed by atoms with Gasteiger partial charge in [0, 0.05) is 67.3 Å². The number of fused-ring (bicyclic) bond motifs is 4. The van der Waals surface area contributed by atoms with Gasteiger partial charge in [0.25, 0.3) is 5.56 Å². The fraction of sp³-hybridized carbons (Fsp3) is 0.294. The molecular weight excluding hydrogens is 759 g/mol. The van der Waals surface area contributed by atoms with Crippen LogP contribution >= 0.6 is 15.9 Å². The maximum Gasteiger partial charge on any atom is 0.573 e. The van der Waals surface area contributed by atoms with Crippen LogP contribution in [0.15, 0.2) is 78.1 Å². The van der Waals surface area contributed by atoms with Gasteiger partial charge in [-0.3, -0.25) is 14.4 Å². The molecule has 2 aromatic heterocycles. The van der Waals surface area contributed by atoms with Gasteiger partial charge >= 0.3 is 17.7 Å². The van der Waals surface area contributed by atoms with Crippen LogP contribution in [0.3, 0.4) is 0 Å². The number of methoxy groups -OCH3 is 2. The van der Waals surface area contributed by atoms with Gasteiger partial charge in [0.05, 0.1) is 42.3 Å². The summed E-state index contributed by atoms with van der Waals surface area (Å²) in [5.74, 6) is -2.91. The number of aromatic nitrogens is 5. The summed E-state index contributed by atoms with van der Waals surface area (Å²) in [7, 11) is 4.45. The molecule has 3 heterocycles. The zero-order valence-corrected chi connectivity index (χ0v) is 29.1. The van der Waals surface area contributed by atoms with Gasteiger partial charge in [0.15, 0.2) is 23.1 Å². The molecule has 270 valence electrons. The third-order valence-electron chi connectivity index (χ3n) is 9.44. The Balaban J connectivity index is 1.30. The minimum atomic E-state index is -5.07. The fourth-order valence-corrected chi connectivity index (χ4v) is 7.57. The van der Waals surface area contributed by atoms with E-state index in [4.69, 9.17) is 9.47 Å². The Morgan fingerprint density at radius 3 is 2.42 bits per heavy atom. The van der Waals surface area contributed by atoms with Crippen LogP contribution in [0.2, 0.25) is 0 Å². The number of hydrogen-bond donors (Lipinski definition) is 1. The normalized spacial score (nSPS) is 18.4. The Labute approximate surface area is 298 Å². The zero-order chi connectivity index (χ0) is 37.4. The van der Waals surface area contributed by atoms with E-state index in [1.165, 1.54) is 18.8 Å². The van der Waals surface area contributed by atoms with Crippen molar-refractivity contribution in [3.05, 3.63) is 106 Å². The van der Waals surface area contributed by atoms with Crippen molar-refractivity contribution in [2.75, 3.05) is 14.2 Å². The molecule has 0 spiro atoms. The fourth-order valence-electron chi connectivity index (χ4n) is 7.12. The van der Waals surface area contributed by atoms with Crippen LogP contribution in [0.25, 0.3) is 11.0 Å². The van der Waals surface area contributed by atoms with Crippen molar-refractivity contribution >= 4 is 38.5 Å². The maximum atomic E-state index is 14.1. The average Bonchev–Trinajstić information content (AvgIpc) is 3.35. The highest BCUT2D eigenvalue weighted by Crippen LogP contribution is 2.52. The van der Waals surface area contributed by atoms with Crippen molar-refractivity contribution in [2.45, 2.75) is 44.3 Å². The summed E-state index contributed by atoms with van der Waals surface area (Å²) in [6, 6.07) is 4.93. The molecule has 1 aliphatic heterocycles. The number of phenols is 1. The Morgan fingerprint density at radius 1 is 1.02 bits per heavy atom. The van der Waals surface area contributed by atoms with Gasteiger partial charge < -0.3 is 23.9 Å². The molecule has 2 aliphatic carbocycles. The molecule has 3 aliphatic rings. The van der Waals surface area contributed by atoms with E-state index in [9.17, 15) is 42.3 Å². The molecule has 0 amide bonds. The Bertz CT molecular complexity index is 2520. The van der Waals surface area contributed by atoms with Crippen molar-refractivity contribution in [3.63, 3.8) is 0 Å². The monoisotopic (exact) mass is 785 g/mol. The lowest BCUT2D eigenvalue weighted by molar-refractivity contribution is -0.274. The van der Waals surface area contributed by atoms with Crippen molar-refractivity contribution in [2.24, 2.45) is 7.05 Å². The number of hydrogen-bond acceptors (Lipinski definition) is 10. The first-order valence-corrected chi connectivity index (χ1v) is 16.4. The zero-order valence-electron chi connectivity index (χ0n) is 27.5. The van der Waals surface area contributed by atoms with Crippen LogP contribution in [0.4, 0.5) is 13.2 Å². The molecule has 0 bridgehead atoms. The quantitative estimate of drug-likeness (QED) is 0.217. The summed E-state index contributed by atoms with van der Waals surface area (Å²) in [5.41, 5.74) is -1.05. The predicted octanol–water partition coefficient (Wildman–Crippen LogP) is 3.32. The smallest absolute Gasteiger partial charge is 0.508 e. The highest BCUT2D eigenvalue weighted by Gasteiger charge is 2.46. The first kappa shape index (κ1) is 34.8. The molecule has 2 atom stereocenters. The number of rotatable bonds is 7. The van der Waals surface area contributed by atoms with Gasteiger partial charge in [-0.2, -0.15) is 0 Å². The second kappa shape index (κ2) is 12.5. The van der Waals surface area contributed by atoms with E-state index in [1.807, 2.05) is 0 Å². The first-order chi connectivity index (χ1) is 24.6. The van der Waals surface area contributed by atoms with Gasteiger partial charge in [-0.05, 0) is 39.7 Å². The number of carbonyl (C=O) groups is 2. The largest absolute Gasteiger partial charge is 0.573 e. The van der Waals surface area contributed by atoms with Gasteiger partial charge in [0.2, 0.25) is 0 Å². The third kappa shape index (κ3) is 5.57. The average molecular weight is 787 g/mol. The van der Waals surface area contributed by atoms with E-state index >= 15 is 0 Å². The molecule has 0 fully saturated rings. The molecule has 2 unspecified atom stereocenters. The predicted molar refractivity (Wildman–Crippen MR) is 180 cm³/mol. The van der Waals surface area contributed by atoms with Crippen molar-refractivity contribution in [1.82, 2.24) is 23.5 Å². The summed E-state index contributed by atoms with van der Waals surface area (Å²) < 4.78 is 58.8. The summed E-state index contributed by atoms with van der Waals surface area (Å²) in [5, 5.41) is 10.9. The highest BCUT2D eigenvalue weighted by atomic mass is 79.9. The van der Waals surface area contributed by atoms with E-state index in [0.29, 0.717) is 28.1 Å². The Morgan fingerprint density at radius 2 is 1.73 bits per heavy atom. The number of ketones is 2. The van der Waals surface area contributed by atoms with Crippen LogP contribution in [-0.4, -0.2) is 60.7 Å². The molecule has 7 rings (SSSR count). The van der Waals surface area contributed by atoms with Gasteiger partial charge in [-0.25, -0.2) is 28.5 Å². The number of benzene rings is 2. The molecule has 0 saturated carbocycles. The molecule has 14 nitrogen and oxygen atoms in total. The topological polar surface area (TPSA) is 166 Å². The highest BCUT2D eigenvalue weighted by molar-refractivity contribution is 9.12. The maximum absolute atomic E-state index is 14.1. The molecule has 0 saturated heterocycles. The molecule has 18 heteroatoms. The number of alkyl halides is 3. The van der Waals surface area contributed by atoms with Gasteiger partial charge in [-0.15, -0.1) is 13.2 Å². The van der Waals surface area contributed by atoms with Crippen LogP contribution in [0.5, 0.6) is 23.0 Å². The number of Topliss-reactive ketones (excluding diaryl/α,β-unsaturated/α-hetero) is 1. The van der Waals surface area contributed by atoms with E-state index in [-0.39, 0.29) is 52.8 Å². The van der Waals surface area contributed by atoms with Crippen LogP contribution in [0.1, 0.15) is 29.6 Å². The molecule has 0 radical (unpaired) electrons. The van der Waals surface area contributed by atoms with Crippen LogP contribution in [0, 0.1) is 0 Å². The summed E-state index contributed by atoms with van der Waals surface area (Å²) in [6.45, 7) is -0.445. The van der Waals surface area contributed by atoms with E-state index in [2.05, 4.69) is 25.7 Å². The first-order valence-electron chi connectivity index (χ1n) is 15.6. The van der Waals surface area contributed by atoms with Crippen LogP contribution in [-0.2, 0) is 36.1 Å². The van der Waals surface area contributed by atoms with Crippen molar-refractivity contribution < 1.29 is 42.1 Å². The lowest BCUT2D eigenvalue weighted by Gasteiger charge is -2.39. The molecule has 4 aromatic rings. The number of carbonyl (C=O) groups excluding carboxylic acids is 2. The van der Waals surface area contributed by atoms with Crippen molar-refractivity contribution in [3.8, 4) is 23.0 Å². The Kier molecular flexibility index (Phi) is 8.39. The molecule has 2 aromatic carbocycles. The number of phenolic OH excluding ortho intramolecular Hbond substituents is 1. The minimum absolute atomic E-state index is 0.0375. The standard InChI is InChI=1S/C34H27BrF3N5O9/c1-40-23-14-27(51-3)26(50-2)13-21(23)39-20(31(40)47)7-8-41-32(48)42-9-6-16-22(43(42)33(41)49)11-18-29(25(45)12-19(35)30(18)46)28(16)17-10-15(4-5-24(17)44)52-34(36,37)38/h4-6,10,12-14,22,28,44H,7-9,11H2,1-3H3. The SMILES string of the molecule is COc1cc2nc(CCn3c(=O)n4n(c3=O)C3CC5=C(C(=O)C=C(Br)C5=O)C(c5cc(OC(F)(F)F)ccc5O)C3=CC4)c(=O)n(C)c2cc1OC. The van der Waals surface area contributed by atoms with Gasteiger partial charge in [-0.1, -0.05) is 6.08 Å². The summed E-state index contributed by atoms with van der Waals surface area (Å²) in [6.07, 6.45) is -2.81. The van der Waals surface area contributed by atoms with E-state index in [1.54, 1.807) is 25.3 Å². The van der Waals surface area contributed by atoms with E-state index in [0.717, 1.165) is 38.2 Å². The summed E-state index contributed by atoms with van der Waals surface area (Å²) in [4.78, 5) is 72.5. The second-order valence-electron chi connectivity index (χ2n) is 12.2. The van der Waals surface area contributed by atoms with Crippen molar-refractivity contribution in [1.29, 1.82) is 0 Å². The molecular formula is C34H27BrF3N5O9. The minimum Gasteiger partial charge on any atom is -0.508 e. The second-order valence-corrected chi connectivity index (χ2v) is 13.1. The summed E-state index contributed by atoms with van der Waals surface area (Å²) >= 11 is 3.10. The number of allylic oxidation sites excluding steroid dienone is 6. The molecule has 1 N–H and O–H groups in total. The van der Waals surface area contributed by atoms with Crippen LogP contribution < -0.4 is 31.1 Å². The molecule has 52 heavy (non-hydrogen) atoms. The number of nitrogens with zero attached hydrogens (tertiary/aromatic N) is 5. The number of aryl methyl sites for hydroxylation is 2. The number of ether oxygens (including phenoxy) is 3. The number of halogens is 4. The van der Waals surface area contributed by atoms with Gasteiger partial charge in [0.1, 0.15) is 17.2 Å². The third-order valence-corrected chi connectivity index (χ3v) is 10.0. The Hall–Kier alpha value is -5.65.